The molecule has 0 saturated carbocycles. The van der Waals surface area contributed by atoms with Gasteiger partial charge < -0.3 is 10.6 Å². The molecule has 0 unspecified atom stereocenters. The van der Waals surface area contributed by atoms with Gasteiger partial charge >= 0.3 is 0 Å². The van der Waals surface area contributed by atoms with Crippen molar-refractivity contribution in [1.29, 1.82) is 0 Å². The second-order valence-corrected chi connectivity index (χ2v) is 4.88. The number of hydrogen-bond acceptors (Lipinski definition) is 4. The van der Waals surface area contributed by atoms with Crippen molar-refractivity contribution in [2.75, 3.05) is 18.4 Å². The van der Waals surface area contributed by atoms with Gasteiger partial charge in [0.25, 0.3) is 5.69 Å². The third kappa shape index (κ3) is 4.82. The van der Waals surface area contributed by atoms with Gasteiger partial charge in [-0.25, -0.2) is 0 Å². The number of nitro benzene ring substituents is 1. The lowest BCUT2D eigenvalue weighted by Crippen LogP contribution is -2.38. The zero-order valence-electron chi connectivity index (χ0n) is 10.5. The highest BCUT2D eigenvalue weighted by molar-refractivity contribution is 5.60. The van der Waals surface area contributed by atoms with Crippen LogP contribution in [0.4, 0.5) is 11.4 Å². The summed E-state index contributed by atoms with van der Waals surface area (Å²) in [5, 5.41) is 17.1. The molecule has 0 aliphatic carbocycles. The fraction of sp³-hybridized carbons (Fsp3) is 0.500. The number of benzene rings is 1. The van der Waals surface area contributed by atoms with E-state index in [2.05, 4.69) is 31.4 Å². The summed E-state index contributed by atoms with van der Waals surface area (Å²) >= 11 is 0. The molecule has 5 nitrogen and oxygen atoms in total. The molecule has 0 aromatic heterocycles. The smallest absolute Gasteiger partial charge is 0.292 e. The zero-order chi connectivity index (χ0) is 12.9. The lowest BCUT2D eigenvalue weighted by molar-refractivity contribution is -0.384. The molecule has 94 valence electrons. The standard InChI is InChI=1S/C12H19N3O2/c1-12(2,3)14-9-8-13-10-6-4-5-7-11(10)15(16)17/h4-7,13-14H,8-9H2,1-3H3. The van der Waals surface area contributed by atoms with E-state index in [9.17, 15) is 10.1 Å². The molecule has 1 rings (SSSR count). The van der Waals surface area contributed by atoms with E-state index in [4.69, 9.17) is 0 Å². The van der Waals surface area contributed by atoms with Crippen molar-refractivity contribution in [3.05, 3.63) is 34.4 Å². The third-order valence-corrected chi connectivity index (χ3v) is 2.20. The Bertz CT molecular complexity index is 386. The maximum Gasteiger partial charge on any atom is 0.292 e. The first-order valence-electron chi connectivity index (χ1n) is 5.62. The van der Waals surface area contributed by atoms with Gasteiger partial charge in [0.2, 0.25) is 0 Å². The second-order valence-electron chi connectivity index (χ2n) is 4.88. The molecule has 0 radical (unpaired) electrons. The van der Waals surface area contributed by atoms with E-state index in [1.165, 1.54) is 6.07 Å². The summed E-state index contributed by atoms with van der Waals surface area (Å²) in [7, 11) is 0. The Morgan fingerprint density at radius 1 is 1.24 bits per heavy atom. The van der Waals surface area contributed by atoms with Crippen LogP contribution in [-0.4, -0.2) is 23.6 Å². The molecular weight excluding hydrogens is 218 g/mol. The summed E-state index contributed by atoms with van der Waals surface area (Å²) in [5.41, 5.74) is 0.737. The Hall–Kier alpha value is -1.62. The van der Waals surface area contributed by atoms with Crippen molar-refractivity contribution in [3.63, 3.8) is 0 Å². The molecule has 0 aliphatic heterocycles. The minimum Gasteiger partial charge on any atom is -0.378 e. The topological polar surface area (TPSA) is 67.2 Å². The first kappa shape index (κ1) is 13.4. The van der Waals surface area contributed by atoms with E-state index in [0.717, 1.165) is 6.54 Å². The highest BCUT2D eigenvalue weighted by Crippen LogP contribution is 2.22. The van der Waals surface area contributed by atoms with Crippen molar-refractivity contribution in [2.45, 2.75) is 26.3 Å². The summed E-state index contributed by atoms with van der Waals surface area (Å²) in [6, 6.07) is 6.66. The molecule has 1 aromatic carbocycles. The summed E-state index contributed by atoms with van der Waals surface area (Å²) in [4.78, 5) is 10.4. The van der Waals surface area contributed by atoms with Crippen LogP contribution in [0.2, 0.25) is 0 Å². The first-order chi connectivity index (χ1) is 7.90. The molecule has 0 aliphatic rings. The number of hydrogen-bond donors (Lipinski definition) is 2. The fourth-order valence-electron chi connectivity index (χ4n) is 1.42. The van der Waals surface area contributed by atoms with E-state index in [1.807, 2.05) is 0 Å². The van der Waals surface area contributed by atoms with Crippen LogP contribution >= 0.6 is 0 Å². The van der Waals surface area contributed by atoms with Crippen molar-refractivity contribution in [3.8, 4) is 0 Å². The molecule has 0 heterocycles. The van der Waals surface area contributed by atoms with Crippen LogP contribution in [0.15, 0.2) is 24.3 Å². The monoisotopic (exact) mass is 237 g/mol. The molecule has 17 heavy (non-hydrogen) atoms. The van der Waals surface area contributed by atoms with E-state index in [0.29, 0.717) is 12.2 Å². The lowest BCUT2D eigenvalue weighted by atomic mass is 10.1. The molecule has 0 fully saturated rings. The summed E-state index contributed by atoms with van der Waals surface area (Å²) in [5.74, 6) is 0. The normalized spacial score (nSPS) is 11.2. The van der Waals surface area contributed by atoms with Gasteiger partial charge in [-0.05, 0) is 26.8 Å². The Labute approximate surface area is 101 Å². The van der Waals surface area contributed by atoms with Gasteiger partial charge in [0.1, 0.15) is 5.69 Å². The molecule has 2 N–H and O–H groups in total. The lowest BCUT2D eigenvalue weighted by Gasteiger charge is -2.20. The molecule has 0 spiro atoms. The van der Waals surface area contributed by atoms with Gasteiger partial charge in [-0.1, -0.05) is 12.1 Å². The minimum absolute atomic E-state index is 0.0598. The van der Waals surface area contributed by atoms with E-state index < -0.39 is 0 Å². The number of nitrogens with one attached hydrogen (secondary N) is 2. The van der Waals surface area contributed by atoms with Crippen LogP contribution in [-0.2, 0) is 0 Å². The summed E-state index contributed by atoms with van der Waals surface area (Å²) in [6.07, 6.45) is 0. The quantitative estimate of drug-likeness (QED) is 0.469. The van der Waals surface area contributed by atoms with Gasteiger partial charge in [0, 0.05) is 24.7 Å². The van der Waals surface area contributed by atoms with Crippen LogP contribution in [0.1, 0.15) is 20.8 Å². The van der Waals surface area contributed by atoms with E-state index >= 15 is 0 Å². The molecule has 5 heteroatoms. The van der Waals surface area contributed by atoms with Crippen molar-refractivity contribution >= 4 is 11.4 Å². The Morgan fingerprint density at radius 2 is 1.88 bits per heavy atom. The number of nitrogens with zero attached hydrogens (tertiary/aromatic N) is 1. The highest BCUT2D eigenvalue weighted by atomic mass is 16.6. The summed E-state index contributed by atoms with van der Waals surface area (Å²) in [6.45, 7) is 7.66. The highest BCUT2D eigenvalue weighted by Gasteiger charge is 2.12. The maximum atomic E-state index is 10.8. The average molecular weight is 237 g/mol. The van der Waals surface area contributed by atoms with Gasteiger partial charge in [-0.3, -0.25) is 10.1 Å². The summed E-state index contributed by atoms with van der Waals surface area (Å²) < 4.78 is 0. The van der Waals surface area contributed by atoms with Gasteiger partial charge in [0.05, 0.1) is 4.92 Å². The molecule has 0 bridgehead atoms. The second kappa shape index (κ2) is 5.63. The Balaban J connectivity index is 2.49. The predicted molar refractivity (Wildman–Crippen MR) is 69.3 cm³/mol. The molecular formula is C12H19N3O2. The number of rotatable bonds is 5. The third-order valence-electron chi connectivity index (χ3n) is 2.20. The SMILES string of the molecule is CC(C)(C)NCCNc1ccccc1[N+](=O)[O-]. The largest absolute Gasteiger partial charge is 0.378 e. The maximum absolute atomic E-state index is 10.8. The molecule has 0 amide bonds. The Morgan fingerprint density at radius 3 is 2.47 bits per heavy atom. The Kier molecular flexibility index (Phi) is 4.45. The van der Waals surface area contributed by atoms with Gasteiger partial charge in [0.15, 0.2) is 0 Å². The molecule has 0 saturated heterocycles. The zero-order valence-corrected chi connectivity index (χ0v) is 10.5. The molecule has 0 atom stereocenters. The van der Waals surface area contributed by atoms with Crippen LogP contribution < -0.4 is 10.6 Å². The average Bonchev–Trinajstić information content (AvgIpc) is 2.23. The van der Waals surface area contributed by atoms with Crippen molar-refractivity contribution in [1.82, 2.24) is 5.32 Å². The predicted octanol–water partition coefficient (Wildman–Crippen LogP) is 2.39. The first-order valence-corrected chi connectivity index (χ1v) is 5.62. The number of para-hydroxylation sites is 2. The van der Waals surface area contributed by atoms with E-state index in [-0.39, 0.29) is 16.1 Å². The fourth-order valence-corrected chi connectivity index (χ4v) is 1.42. The molecule has 1 aromatic rings. The van der Waals surface area contributed by atoms with Crippen LogP contribution in [0.25, 0.3) is 0 Å². The van der Waals surface area contributed by atoms with E-state index in [1.54, 1.807) is 18.2 Å². The minimum atomic E-state index is -0.375. The van der Waals surface area contributed by atoms with Crippen LogP contribution in [0.5, 0.6) is 0 Å². The van der Waals surface area contributed by atoms with Crippen LogP contribution in [0, 0.1) is 10.1 Å². The van der Waals surface area contributed by atoms with Crippen molar-refractivity contribution in [2.24, 2.45) is 0 Å². The number of nitro groups is 1. The number of anilines is 1. The van der Waals surface area contributed by atoms with Crippen LogP contribution in [0.3, 0.4) is 0 Å². The van der Waals surface area contributed by atoms with Gasteiger partial charge in [-0.2, -0.15) is 0 Å². The van der Waals surface area contributed by atoms with Crippen molar-refractivity contribution < 1.29 is 4.92 Å². The van der Waals surface area contributed by atoms with Gasteiger partial charge in [-0.15, -0.1) is 0 Å².